The number of nitrogens with zero attached hydrogens (tertiary/aromatic N) is 3. The van der Waals surface area contributed by atoms with Gasteiger partial charge in [0, 0.05) is 26.2 Å². The van der Waals surface area contributed by atoms with E-state index in [0.29, 0.717) is 32.1 Å². The van der Waals surface area contributed by atoms with Crippen LogP contribution in [0.4, 0.5) is 0 Å². The van der Waals surface area contributed by atoms with E-state index in [9.17, 15) is 4.79 Å². The highest BCUT2D eigenvalue weighted by atomic mass is 32.1. The molecule has 0 atom stereocenters. The maximum atomic E-state index is 12.6. The van der Waals surface area contributed by atoms with Crippen LogP contribution in [0.25, 0.3) is 10.8 Å². The summed E-state index contributed by atoms with van der Waals surface area (Å²) in [6, 6.07) is 11.8. The predicted molar refractivity (Wildman–Crippen MR) is 108 cm³/mol. The number of hydrogen-bond acceptors (Lipinski definition) is 6. The highest BCUT2D eigenvalue weighted by molar-refractivity contribution is 7.13. The standard InChI is InChI=1S/C21H23N3O3S/c1-15-18(22-21(27-15)19-7-4-10-28-19)13-23-8-9-24(20(25)14-23)12-16-5-3-6-17(11-16)26-2/h3-7,10-11H,8-9,12-14H2,1-2H3. The first-order chi connectivity index (χ1) is 13.6. The van der Waals surface area contributed by atoms with Crippen molar-refractivity contribution in [3.8, 4) is 16.5 Å². The third kappa shape index (κ3) is 4.10. The number of thiophene rings is 1. The van der Waals surface area contributed by atoms with E-state index in [0.717, 1.165) is 34.2 Å². The predicted octanol–water partition coefficient (Wildman–Crippen LogP) is 3.56. The maximum absolute atomic E-state index is 12.6. The van der Waals surface area contributed by atoms with Crippen LogP contribution in [0.15, 0.2) is 46.2 Å². The molecule has 3 aromatic rings. The smallest absolute Gasteiger partial charge is 0.237 e. The molecule has 7 heteroatoms. The zero-order chi connectivity index (χ0) is 19.5. The number of oxazole rings is 1. The molecule has 0 aliphatic carbocycles. The Morgan fingerprint density at radius 1 is 1.21 bits per heavy atom. The van der Waals surface area contributed by atoms with E-state index >= 15 is 0 Å². The van der Waals surface area contributed by atoms with Crippen LogP contribution in [0.1, 0.15) is 17.0 Å². The van der Waals surface area contributed by atoms with Crippen LogP contribution in [-0.2, 0) is 17.9 Å². The number of aromatic nitrogens is 1. The van der Waals surface area contributed by atoms with Crippen molar-refractivity contribution in [1.29, 1.82) is 0 Å². The monoisotopic (exact) mass is 397 g/mol. The molecule has 1 amide bonds. The van der Waals surface area contributed by atoms with Gasteiger partial charge in [-0.3, -0.25) is 9.69 Å². The normalized spacial score (nSPS) is 15.2. The second-order valence-electron chi connectivity index (χ2n) is 6.88. The number of aryl methyl sites for hydroxylation is 1. The molecule has 0 bridgehead atoms. The molecule has 4 rings (SSSR count). The summed E-state index contributed by atoms with van der Waals surface area (Å²) in [6.45, 7) is 5.07. The highest BCUT2D eigenvalue weighted by Crippen LogP contribution is 2.26. The number of methoxy groups -OCH3 is 1. The number of ether oxygens (including phenoxy) is 1. The van der Waals surface area contributed by atoms with Crippen LogP contribution < -0.4 is 4.74 Å². The van der Waals surface area contributed by atoms with Crippen molar-refractivity contribution in [2.24, 2.45) is 0 Å². The summed E-state index contributed by atoms with van der Waals surface area (Å²) >= 11 is 1.61. The Kier molecular flexibility index (Phi) is 5.45. The summed E-state index contributed by atoms with van der Waals surface area (Å²) in [4.78, 5) is 22.3. The zero-order valence-corrected chi connectivity index (χ0v) is 16.9. The lowest BCUT2D eigenvalue weighted by Gasteiger charge is -2.34. The van der Waals surface area contributed by atoms with Crippen molar-refractivity contribution in [3.05, 3.63) is 58.8 Å². The summed E-state index contributed by atoms with van der Waals surface area (Å²) in [5.41, 5.74) is 1.98. The minimum atomic E-state index is 0.133. The number of piperazine rings is 1. The van der Waals surface area contributed by atoms with Gasteiger partial charge >= 0.3 is 0 Å². The Hall–Kier alpha value is -2.64. The third-order valence-corrected chi connectivity index (χ3v) is 5.76. The molecule has 0 N–H and O–H groups in total. The molecular weight excluding hydrogens is 374 g/mol. The summed E-state index contributed by atoms with van der Waals surface area (Å²) in [7, 11) is 1.65. The van der Waals surface area contributed by atoms with E-state index in [1.54, 1.807) is 18.4 Å². The average molecular weight is 398 g/mol. The van der Waals surface area contributed by atoms with E-state index in [1.165, 1.54) is 0 Å². The second kappa shape index (κ2) is 8.16. The average Bonchev–Trinajstić information content (AvgIpc) is 3.35. The molecule has 146 valence electrons. The summed E-state index contributed by atoms with van der Waals surface area (Å²) < 4.78 is 11.1. The Bertz CT molecular complexity index is 952. The van der Waals surface area contributed by atoms with E-state index in [-0.39, 0.29) is 5.91 Å². The van der Waals surface area contributed by atoms with Crippen molar-refractivity contribution < 1.29 is 13.9 Å². The van der Waals surface area contributed by atoms with Gasteiger partial charge in [0.05, 0.1) is 24.2 Å². The Labute approximate surface area is 168 Å². The van der Waals surface area contributed by atoms with Gasteiger partial charge in [0.1, 0.15) is 11.5 Å². The van der Waals surface area contributed by atoms with Gasteiger partial charge in [-0.1, -0.05) is 18.2 Å². The lowest BCUT2D eigenvalue weighted by Crippen LogP contribution is -2.49. The number of amides is 1. The summed E-state index contributed by atoms with van der Waals surface area (Å²) in [5, 5.41) is 2.01. The minimum Gasteiger partial charge on any atom is -0.497 e. The topological polar surface area (TPSA) is 58.8 Å². The molecule has 28 heavy (non-hydrogen) atoms. The van der Waals surface area contributed by atoms with Gasteiger partial charge in [-0.2, -0.15) is 0 Å². The van der Waals surface area contributed by atoms with Crippen molar-refractivity contribution in [1.82, 2.24) is 14.8 Å². The van der Waals surface area contributed by atoms with Crippen LogP contribution >= 0.6 is 11.3 Å². The lowest BCUT2D eigenvalue weighted by atomic mass is 10.2. The molecule has 0 spiro atoms. The molecular formula is C21H23N3O3S. The fourth-order valence-electron chi connectivity index (χ4n) is 3.34. The van der Waals surface area contributed by atoms with E-state index in [2.05, 4.69) is 9.88 Å². The quantitative estimate of drug-likeness (QED) is 0.636. The number of hydrogen-bond donors (Lipinski definition) is 0. The van der Waals surface area contributed by atoms with Crippen LogP contribution in [0.3, 0.4) is 0 Å². The molecule has 6 nitrogen and oxygen atoms in total. The molecule has 0 radical (unpaired) electrons. The number of carbonyl (C=O) groups excluding carboxylic acids is 1. The molecule has 1 saturated heterocycles. The summed E-state index contributed by atoms with van der Waals surface area (Å²) in [6.07, 6.45) is 0. The maximum Gasteiger partial charge on any atom is 0.237 e. The fraction of sp³-hybridized carbons (Fsp3) is 0.333. The molecule has 2 aromatic heterocycles. The van der Waals surface area contributed by atoms with Gasteiger partial charge < -0.3 is 14.1 Å². The molecule has 3 heterocycles. The van der Waals surface area contributed by atoms with Crippen molar-refractivity contribution in [3.63, 3.8) is 0 Å². The van der Waals surface area contributed by atoms with Gasteiger partial charge in [0.2, 0.25) is 11.8 Å². The van der Waals surface area contributed by atoms with E-state index < -0.39 is 0 Å². The first kappa shape index (κ1) is 18.7. The largest absolute Gasteiger partial charge is 0.497 e. The number of carbonyl (C=O) groups is 1. The second-order valence-corrected chi connectivity index (χ2v) is 7.82. The fourth-order valence-corrected chi connectivity index (χ4v) is 3.99. The molecule has 0 unspecified atom stereocenters. The van der Waals surface area contributed by atoms with Crippen molar-refractivity contribution >= 4 is 17.2 Å². The Balaban J connectivity index is 1.37. The van der Waals surface area contributed by atoms with E-state index in [4.69, 9.17) is 9.15 Å². The third-order valence-electron chi connectivity index (χ3n) is 4.90. The SMILES string of the molecule is COc1cccc(CN2CCN(Cc3nc(-c4cccs4)oc3C)CC2=O)c1. The van der Waals surface area contributed by atoms with Gasteiger partial charge in [0.15, 0.2) is 0 Å². The number of rotatable bonds is 6. The van der Waals surface area contributed by atoms with Crippen molar-refractivity contribution in [2.75, 3.05) is 26.7 Å². The van der Waals surface area contributed by atoms with Crippen LogP contribution in [-0.4, -0.2) is 47.4 Å². The van der Waals surface area contributed by atoms with Crippen molar-refractivity contribution in [2.45, 2.75) is 20.0 Å². The van der Waals surface area contributed by atoms with Crippen LogP contribution in [0.2, 0.25) is 0 Å². The molecule has 1 aliphatic heterocycles. The Morgan fingerprint density at radius 2 is 2.11 bits per heavy atom. The molecule has 1 fully saturated rings. The van der Waals surface area contributed by atoms with Gasteiger partial charge in [-0.05, 0) is 36.1 Å². The van der Waals surface area contributed by atoms with Crippen LogP contribution in [0, 0.1) is 6.92 Å². The zero-order valence-electron chi connectivity index (χ0n) is 16.1. The molecule has 1 aromatic carbocycles. The Morgan fingerprint density at radius 3 is 2.86 bits per heavy atom. The van der Waals surface area contributed by atoms with Gasteiger partial charge in [0.25, 0.3) is 0 Å². The minimum absolute atomic E-state index is 0.133. The van der Waals surface area contributed by atoms with Gasteiger partial charge in [-0.25, -0.2) is 4.98 Å². The lowest BCUT2D eigenvalue weighted by molar-refractivity contribution is -0.136. The summed E-state index contributed by atoms with van der Waals surface area (Å²) in [5.74, 6) is 2.42. The van der Waals surface area contributed by atoms with Gasteiger partial charge in [-0.15, -0.1) is 11.3 Å². The number of benzene rings is 1. The van der Waals surface area contributed by atoms with Crippen LogP contribution in [0.5, 0.6) is 5.75 Å². The molecule has 0 saturated carbocycles. The first-order valence-electron chi connectivity index (χ1n) is 9.25. The van der Waals surface area contributed by atoms with E-state index in [1.807, 2.05) is 53.6 Å². The first-order valence-corrected chi connectivity index (χ1v) is 10.1. The molecule has 1 aliphatic rings. The highest BCUT2D eigenvalue weighted by Gasteiger charge is 2.25.